The molecule has 2 aliphatic rings. The Morgan fingerprint density at radius 2 is 1.93 bits per heavy atom. The molecule has 2 aromatic rings. The molecule has 1 atom stereocenters. The Kier molecular flexibility index (Phi) is 5.63. The highest BCUT2D eigenvalue weighted by Gasteiger charge is 2.42. The van der Waals surface area contributed by atoms with Gasteiger partial charge < -0.3 is 11.1 Å². The summed E-state index contributed by atoms with van der Waals surface area (Å²) in [5, 5.41) is 7.96. The number of hydrogen-bond donors (Lipinski definition) is 2. The zero-order valence-corrected chi connectivity index (χ0v) is 16.9. The third kappa shape index (κ3) is 3.76. The molecule has 27 heavy (non-hydrogen) atoms. The number of halogens is 1. The maximum Gasteiger partial charge on any atom is 0.272 e. The average Bonchev–Trinajstić information content (AvgIpc) is 3.44. The van der Waals surface area contributed by atoms with Crippen LogP contribution in [0.3, 0.4) is 0 Å². The summed E-state index contributed by atoms with van der Waals surface area (Å²) in [7, 11) is 0. The number of nitrogens with zero attached hydrogens (tertiary/aromatic N) is 2. The smallest absolute Gasteiger partial charge is 0.272 e. The van der Waals surface area contributed by atoms with Crippen LogP contribution in [-0.2, 0) is 12.8 Å². The van der Waals surface area contributed by atoms with Gasteiger partial charge in [-0.25, -0.2) is 4.68 Å². The molecule has 146 valence electrons. The van der Waals surface area contributed by atoms with Gasteiger partial charge in [-0.15, -0.1) is 12.4 Å². The van der Waals surface area contributed by atoms with E-state index >= 15 is 0 Å². The van der Waals surface area contributed by atoms with Crippen molar-refractivity contribution in [2.24, 2.45) is 11.7 Å². The molecule has 1 aromatic heterocycles. The highest BCUT2D eigenvalue weighted by atomic mass is 35.5. The Bertz CT molecular complexity index is 825. The van der Waals surface area contributed by atoms with Crippen LogP contribution in [0.5, 0.6) is 0 Å². The molecule has 0 spiro atoms. The van der Waals surface area contributed by atoms with E-state index in [4.69, 9.17) is 10.8 Å². The Hall–Kier alpha value is -1.85. The van der Waals surface area contributed by atoms with Gasteiger partial charge in [0, 0.05) is 17.8 Å². The predicted octanol–water partition coefficient (Wildman–Crippen LogP) is 3.34. The lowest BCUT2D eigenvalue weighted by Crippen LogP contribution is -2.53. The first kappa shape index (κ1) is 19.9. The van der Waals surface area contributed by atoms with E-state index in [9.17, 15) is 4.79 Å². The van der Waals surface area contributed by atoms with Crippen LogP contribution >= 0.6 is 12.4 Å². The molecule has 0 saturated heterocycles. The first-order chi connectivity index (χ1) is 12.5. The topological polar surface area (TPSA) is 72.9 Å². The van der Waals surface area contributed by atoms with Crippen LogP contribution in [0.1, 0.15) is 59.9 Å². The van der Waals surface area contributed by atoms with Gasteiger partial charge in [-0.05, 0) is 70.4 Å². The second kappa shape index (κ2) is 7.64. The lowest BCUT2D eigenvalue weighted by molar-refractivity contribution is 0.0891. The zero-order valence-electron chi connectivity index (χ0n) is 16.1. The fourth-order valence-corrected chi connectivity index (χ4v) is 4.04. The number of nitrogens with one attached hydrogen (secondary N) is 1. The van der Waals surface area contributed by atoms with Crippen molar-refractivity contribution >= 4 is 18.3 Å². The molecule has 1 amide bonds. The normalized spacial score (nSPS) is 18.2. The molecule has 0 radical (unpaired) electrons. The highest BCUT2D eigenvalue weighted by molar-refractivity contribution is 5.94. The molecule has 3 N–H and O–H groups in total. The molecule has 5 nitrogen and oxygen atoms in total. The van der Waals surface area contributed by atoms with E-state index in [0.717, 1.165) is 49.8 Å². The second-order valence-corrected chi connectivity index (χ2v) is 8.08. The molecule has 1 saturated carbocycles. The van der Waals surface area contributed by atoms with Crippen molar-refractivity contribution in [3.63, 3.8) is 0 Å². The van der Waals surface area contributed by atoms with E-state index in [1.54, 1.807) is 0 Å². The van der Waals surface area contributed by atoms with Gasteiger partial charge in [0.15, 0.2) is 5.69 Å². The summed E-state index contributed by atoms with van der Waals surface area (Å²) < 4.78 is 1.97. The minimum absolute atomic E-state index is 0. The largest absolute Gasteiger partial charge is 0.344 e. The van der Waals surface area contributed by atoms with Gasteiger partial charge >= 0.3 is 0 Å². The van der Waals surface area contributed by atoms with E-state index in [1.807, 2.05) is 4.68 Å². The number of carbonyl (C=O) groups is 1. The Balaban J connectivity index is 0.00000210. The summed E-state index contributed by atoms with van der Waals surface area (Å²) in [6.45, 7) is 4.60. The summed E-state index contributed by atoms with van der Waals surface area (Å²) in [5.74, 6) is 0.417. The van der Waals surface area contributed by atoms with Gasteiger partial charge in [0.1, 0.15) is 0 Å². The average molecular weight is 389 g/mol. The number of hydrogen-bond acceptors (Lipinski definition) is 3. The standard InChI is InChI=1S/C21H28N4O.ClH/c1-14-7-11-16(12-8-14)25-18-6-4-3-5-17(18)19(24-25)20(26)23-21(2,13-22)15-9-10-15;/h7-8,11-12,15H,3-6,9-10,13,22H2,1-2H3,(H,23,26);1H. The van der Waals surface area contributed by atoms with Gasteiger partial charge in [0.05, 0.1) is 11.2 Å². The van der Waals surface area contributed by atoms with E-state index in [2.05, 4.69) is 43.4 Å². The molecule has 2 aliphatic carbocycles. The lowest BCUT2D eigenvalue weighted by atomic mass is 9.93. The molecule has 1 fully saturated rings. The summed E-state index contributed by atoms with van der Waals surface area (Å²) in [5.41, 5.74) is 10.8. The Morgan fingerprint density at radius 3 is 2.56 bits per heavy atom. The van der Waals surface area contributed by atoms with Crippen LogP contribution in [-0.4, -0.2) is 27.8 Å². The molecular weight excluding hydrogens is 360 g/mol. The van der Waals surface area contributed by atoms with E-state index < -0.39 is 0 Å². The molecule has 0 aliphatic heterocycles. The molecule has 6 heteroatoms. The summed E-state index contributed by atoms with van der Waals surface area (Å²) in [6, 6.07) is 8.33. The number of rotatable bonds is 5. The Labute approximate surface area is 167 Å². The molecule has 0 bridgehead atoms. The van der Waals surface area contributed by atoms with Gasteiger partial charge in [-0.1, -0.05) is 17.7 Å². The van der Waals surface area contributed by atoms with E-state index in [-0.39, 0.29) is 23.9 Å². The van der Waals surface area contributed by atoms with Crippen molar-refractivity contribution in [3.8, 4) is 5.69 Å². The molecule has 1 unspecified atom stereocenters. The van der Waals surface area contributed by atoms with Gasteiger partial charge in [0.2, 0.25) is 0 Å². The van der Waals surface area contributed by atoms with Crippen molar-refractivity contribution < 1.29 is 4.79 Å². The number of aryl methyl sites for hydroxylation is 1. The minimum Gasteiger partial charge on any atom is -0.344 e. The first-order valence-electron chi connectivity index (χ1n) is 9.72. The number of amides is 1. The quantitative estimate of drug-likeness (QED) is 0.825. The van der Waals surface area contributed by atoms with Crippen molar-refractivity contribution in [1.82, 2.24) is 15.1 Å². The number of carbonyl (C=O) groups excluding carboxylic acids is 1. The highest BCUT2D eigenvalue weighted by Crippen LogP contribution is 2.39. The zero-order chi connectivity index (χ0) is 18.3. The van der Waals surface area contributed by atoms with Crippen molar-refractivity contribution in [3.05, 3.63) is 46.8 Å². The predicted molar refractivity (Wildman–Crippen MR) is 110 cm³/mol. The molecule has 1 heterocycles. The van der Waals surface area contributed by atoms with Crippen molar-refractivity contribution in [1.29, 1.82) is 0 Å². The van der Waals surface area contributed by atoms with Crippen molar-refractivity contribution in [2.75, 3.05) is 6.54 Å². The fourth-order valence-electron chi connectivity index (χ4n) is 4.04. The van der Waals surface area contributed by atoms with Gasteiger partial charge in [0.25, 0.3) is 5.91 Å². The van der Waals surface area contributed by atoms with Crippen LogP contribution in [0.15, 0.2) is 24.3 Å². The summed E-state index contributed by atoms with van der Waals surface area (Å²) in [6.07, 6.45) is 6.44. The van der Waals surface area contributed by atoms with Gasteiger partial charge in [-0.3, -0.25) is 4.79 Å². The lowest BCUT2D eigenvalue weighted by Gasteiger charge is -2.29. The van der Waals surface area contributed by atoms with Crippen LogP contribution in [0.4, 0.5) is 0 Å². The maximum absolute atomic E-state index is 13.1. The fraction of sp³-hybridized carbons (Fsp3) is 0.524. The molecule has 4 rings (SSSR count). The number of fused-ring (bicyclic) bond motifs is 1. The third-order valence-electron chi connectivity index (χ3n) is 5.98. The number of benzene rings is 1. The number of nitrogens with two attached hydrogens (primary N) is 1. The van der Waals surface area contributed by atoms with Crippen LogP contribution in [0, 0.1) is 12.8 Å². The summed E-state index contributed by atoms with van der Waals surface area (Å²) in [4.78, 5) is 13.1. The molecular formula is C21H29ClN4O. The van der Waals surface area contributed by atoms with Crippen LogP contribution in [0.25, 0.3) is 5.69 Å². The maximum atomic E-state index is 13.1. The monoisotopic (exact) mass is 388 g/mol. The number of aromatic nitrogens is 2. The Morgan fingerprint density at radius 1 is 1.26 bits per heavy atom. The molecule has 1 aromatic carbocycles. The van der Waals surface area contributed by atoms with Crippen LogP contribution < -0.4 is 11.1 Å². The SMILES string of the molecule is Cc1ccc(-n2nc(C(=O)NC(C)(CN)C3CC3)c3c2CCCC3)cc1.Cl. The van der Waals surface area contributed by atoms with Crippen molar-refractivity contribution in [2.45, 2.75) is 57.9 Å². The third-order valence-corrected chi connectivity index (χ3v) is 5.98. The first-order valence-corrected chi connectivity index (χ1v) is 9.72. The minimum atomic E-state index is -0.327. The van der Waals surface area contributed by atoms with E-state index in [1.165, 1.54) is 11.3 Å². The van der Waals surface area contributed by atoms with Gasteiger partial charge in [-0.2, -0.15) is 5.10 Å². The van der Waals surface area contributed by atoms with Crippen LogP contribution in [0.2, 0.25) is 0 Å². The second-order valence-electron chi connectivity index (χ2n) is 8.08. The van der Waals surface area contributed by atoms with E-state index in [0.29, 0.717) is 18.2 Å². The summed E-state index contributed by atoms with van der Waals surface area (Å²) >= 11 is 0.